The van der Waals surface area contributed by atoms with Crippen molar-refractivity contribution in [3.8, 4) is 0 Å². The molecule has 14 heavy (non-hydrogen) atoms. The Morgan fingerprint density at radius 1 is 1.43 bits per heavy atom. The van der Waals surface area contributed by atoms with Gasteiger partial charge in [-0.15, -0.1) is 0 Å². The number of rotatable bonds is 2. The summed E-state index contributed by atoms with van der Waals surface area (Å²) in [6, 6.07) is 3.08. The SMILES string of the molecule is NCC(=O)O.O=C(O)c1cccnc1. The number of nitrogens with two attached hydrogens (primary N) is 1. The van der Waals surface area contributed by atoms with E-state index in [4.69, 9.17) is 10.2 Å². The predicted octanol–water partition coefficient (Wildman–Crippen LogP) is -0.190. The molecule has 0 radical (unpaired) electrons. The number of carbonyl (C=O) groups is 2. The highest BCUT2D eigenvalue weighted by Gasteiger charge is 1.97. The van der Waals surface area contributed by atoms with Crippen LogP contribution in [-0.2, 0) is 4.79 Å². The molecule has 4 N–H and O–H groups in total. The van der Waals surface area contributed by atoms with E-state index in [0.717, 1.165) is 0 Å². The lowest BCUT2D eigenvalue weighted by Crippen LogP contribution is -2.10. The minimum Gasteiger partial charge on any atom is -0.480 e. The molecule has 6 heteroatoms. The van der Waals surface area contributed by atoms with Gasteiger partial charge in [-0.05, 0) is 12.1 Å². The normalized spacial score (nSPS) is 8.36. The summed E-state index contributed by atoms with van der Waals surface area (Å²) < 4.78 is 0. The zero-order chi connectivity index (χ0) is 11.0. The van der Waals surface area contributed by atoms with Crippen LogP contribution in [-0.4, -0.2) is 33.7 Å². The Labute approximate surface area is 80.0 Å². The van der Waals surface area contributed by atoms with Crippen LogP contribution in [0.25, 0.3) is 0 Å². The molecule has 0 unspecified atom stereocenters. The Kier molecular flexibility index (Phi) is 5.64. The minimum atomic E-state index is -0.968. The summed E-state index contributed by atoms with van der Waals surface area (Å²) in [6.45, 7) is -0.278. The van der Waals surface area contributed by atoms with Gasteiger partial charge in [-0.25, -0.2) is 4.79 Å². The van der Waals surface area contributed by atoms with Crippen molar-refractivity contribution in [1.29, 1.82) is 0 Å². The van der Waals surface area contributed by atoms with Crippen molar-refractivity contribution in [3.63, 3.8) is 0 Å². The van der Waals surface area contributed by atoms with Gasteiger partial charge in [0.25, 0.3) is 0 Å². The Bertz CT molecular complexity index is 299. The quantitative estimate of drug-likeness (QED) is 0.606. The van der Waals surface area contributed by atoms with Crippen molar-refractivity contribution in [2.24, 2.45) is 5.73 Å². The van der Waals surface area contributed by atoms with Gasteiger partial charge in [0, 0.05) is 12.4 Å². The van der Waals surface area contributed by atoms with Crippen LogP contribution in [0, 0.1) is 0 Å². The highest BCUT2D eigenvalue weighted by atomic mass is 16.4. The van der Waals surface area contributed by atoms with Crippen molar-refractivity contribution in [1.82, 2.24) is 4.98 Å². The second kappa shape index (κ2) is 6.55. The lowest BCUT2D eigenvalue weighted by atomic mass is 10.3. The van der Waals surface area contributed by atoms with Gasteiger partial charge in [0.15, 0.2) is 0 Å². The zero-order valence-corrected chi connectivity index (χ0v) is 7.25. The van der Waals surface area contributed by atoms with Gasteiger partial charge in [0.2, 0.25) is 0 Å². The molecule has 0 aromatic carbocycles. The molecular formula is C8H10N2O4. The molecule has 6 nitrogen and oxygen atoms in total. The predicted molar refractivity (Wildman–Crippen MR) is 47.9 cm³/mol. The molecule has 0 fully saturated rings. The van der Waals surface area contributed by atoms with E-state index in [2.05, 4.69) is 10.7 Å². The van der Waals surface area contributed by atoms with E-state index in [1.165, 1.54) is 18.5 Å². The molecule has 0 aliphatic carbocycles. The number of hydrogen-bond donors (Lipinski definition) is 3. The lowest BCUT2D eigenvalue weighted by Gasteiger charge is -1.87. The molecule has 1 rings (SSSR count). The van der Waals surface area contributed by atoms with Gasteiger partial charge in [0.05, 0.1) is 12.1 Å². The van der Waals surface area contributed by atoms with Crippen LogP contribution in [0.3, 0.4) is 0 Å². The summed E-state index contributed by atoms with van der Waals surface area (Å²) in [5, 5.41) is 15.9. The van der Waals surface area contributed by atoms with E-state index in [1.54, 1.807) is 6.07 Å². The fraction of sp³-hybridized carbons (Fsp3) is 0.125. The maximum atomic E-state index is 10.2. The summed E-state index contributed by atoms with van der Waals surface area (Å²) in [5.74, 6) is -1.91. The monoisotopic (exact) mass is 198 g/mol. The van der Waals surface area contributed by atoms with Crippen LogP contribution in [0.4, 0.5) is 0 Å². The first-order valence-electron chi connectivity index (χ1n) is 3.63. The van der Waals surface area contributed by atoms with Gasteiger partial charge in [0.1, 0.15) is 0 Å². The largest absolute Gasteiger partial charge is 0.480 e. The highest BCUT2D eigenvalue weighted by Crippen LogP contribution is 1.92. The maximum Gasteiger partial charge on any atom is 0.337 e. The van der Waals surface area contributed by atoms with Crippen molar-refractivity contribution >= 4 is 11.9 Å². The molecule has 0 aliphatic rings. The second-order valence-electron chi connectivity index (χ2n) is 2.14. The highest BCUT2D eigenvalue weighted by molar-refractivity contribution is 5.86. The molecule has 1 heterocycles. The smallest absolute Gasteiger partial charge is 0.337 e. The van der Waals surface area contributed by atoms with Crippen LogP contribution >= 0.6 is 0 Å². The molecule has 0 aliphatic heterocycles. The number of aliphatic carboxylic acids is 1. The number of carboxylic acid groups (broad SMARTS) is 2. The summed E-state index contributed by atoms with van der Waals surface area (Å²) >= 11 is 0. The summed E-state index contributed by atoms with van der Waals surface area (Å²) in [5.41, 5.74) is 4.79. The van der Waals surface area contributed by atoms with Crippen LogP contribution in [0.1, 0.15) is 10.4 Å². The van der Waals surface area contributed by atoms with Crippen molar-refractivity contribution in [2.45, 2.75) is 0 Å². The Morgan fingerprint density at radius 3 is 2.21 bits per heavy atom. The second-order valence-corrected chi connectivity index (χ2v) is 2.14. The van der Waals surface area contributed by atoms with E-state index in [-0.39, 0.29) is 12.1 Å². The van der Waals surface area contributed by atoms with Gasteiger partial charge >= 0.3 is 11.9 Å². The number of aromatic nitrogens is 1. The third-order valence-corrected chi connectivity index (χ3v) is 1.08. The van der Waals surface area contributed by atoms with E-state index in [0.29, 0.717) is 0 Å². The Morgan fingerprint density at radius 2 is 2.00 bits per heavy atom. The Hall–Kier alpha value is -1.95. The number of nitrogens with zero attached hydrogens (tertiary/aromatic N) is 1. The molecular weight excluding hydrogens is 188 g/mol. The van der Waals surface area contributed by atoms with Crippen LogP contribution in [0.2, 0.25) is 0 Å². The minimum absolute atomic E-state index is 0.220. The topological polar surface area (TPSA) is 114 Å². The summed E-state index contributed by atoms with van der Waals surface area (Å²) in [6.07, 6.45) is 2.84. The fourth-order valence-corrected chi connectivity index (χ4v) is 0.489. The molecule has 0 atom stereocenters. The van der Waals surface area contributed by atoms with E-state index in [9.17, 15) is 9.59 Å². The van der Waals surface area contributed by atoms with E-state index in [1.807, 2.05) is 0 Å². The molecule has 0 saturated heterocycles. The van der Waals surface area contributed by atoms with Gasteiger partial charge in [-0.1, -0.05) is 0 Å². The third-order valence-electron chi connectivity index (χ3n) is 1.08. The fourth-order valence-electron chi connectivity index (χ4n) is 0.489. The van der Waals surface area contributed by atoms with Crippen LogP contribution in [0.15, 0.2) is 24.5 Å². The summed E-state index contributed by atoms with van der Waals surface area (Å²) in [4.78, 5) is 23.0. The molecule has 1 aromatic heterocycles. The lowest BCUT2D eigenvalue weighted by molar-refractivity contribution is -0.135. The molecule has 0 amide bonds. The van der Waals surface area contributed by atoms with Crippen molar-refractivity contribution < 1.29 is 19.8 Å². The number of carboxylic acids is 2. The molecule has 1 aromatic rings. The first kappa shape index (κ1) is 12.0. The van der Waals surface area contributed by atoms with Crippen LogP contribution < -0.4 is 5.73 Å². The van der Waals surface area contributed by atoms with Crippen LogP contribution in [0.5, 0.6) is 0 Å². The van der Waals surface area contributed by atoms with Gasteiger partial charge < -0.3 is 15.9 Å². The first-order chi connectivity index (χ1) is 6.57. The molecule has 0 saturated carbocycles. The standard InChI is InChI=1S/C6H5NO2.C2H5NO2/c8-6(9)5-2-1-3-7-4-5;3-1-2(4)5/h1-4H,(H,8,9);1,3H2,(H,4,5). The molecule has 0 bridgehead atoms. The van der Waals surface area contributed by atoms with Gasteiger partial charge in [-0.3, -0.25) is 9.78 Å². The summed E-state index contributed by atoms with van der Waals surface area (Å²) in [7, 11) is 0. The Balaban J connectivity index is 0.000000292. The number of pyridine rings is 1. The third kappa shape index (κ3) is 5.67. The number of aromatic carboxylic acids is 1. The van der Waals surface area contributed by atoms with E-state index >= 15 is 0 Å². The van der Waals surface area contributed by atoms with Gasteiger partial charge in [-0.2, -0.15) is 0 Å². The zero-order valence-electron chi connectivity index (χ0n) is 7.25. The average Bonchev–Trinajstić information content (AvgIpc) is 2.20. The maximum absolute atomic E-state index is 10.2. The molecule has 0 spiro atoms. The number of hydrogen-bond acceptors (Lipinski definition) is 4. The molecule has 76 valence electrons. The van der Waals surface area contributed by atoms with Crippen molar-refractivity contribution in [2.75, 3.05) is 6.54 Å². The van der Waals surface area contributed by atoms with E-state index < -0.39 is 11.9 Å². The first-order valence-corrected chi connectivity index (χ1v) is 3.63. The average molecular weight is 198 g/mol. The van der Waals surface area contributed by atoms with Crippen molar-refractivity contribution in [3.05, 3.63) is 30.1 Å².